The van der Waals surface area contributed by atoms with E-state index in [4.69, 9.17) is 4.74 Å². The van der Waals surface area contributed by atoms with Gasteiger partial charge in [0.2, 0.25) is 0 Å². The number of rotatable bonds is 5. The van der Waals surface area contributed by atoms with Crippen LogP contribution < -0.4 is 9.64 Å². The van der Waals surface area contributed by atoms with Crippen LogP contribution in [-0.2, 0) is 12.8 Å². The first-order valence-electron chi connectivity index (χ1n) is 8.88. The van der Waals surface area contributed by atoms with Gasteiger partial charge in [0, 0.05) is 18.4 Å². The molecule has 0 atom stereocenters. The maximum atomic E-state index is 5.83. The Morgan fingerprint density at radius 1 is 0.913 bits per heavy atom. The lowest BCUT2D eigenvalue weighted by Gasteiger charge is -2.23. The second kappa shape index (κ2) is 6.27. The zero-order chi connectivity index (χ0) is 15.6. The Balaban J connectivity index is 1.48. The van der Waals surface area contributed by atoms with Crippen LogP contribution in [0.4, 0.5) is 11.4 Å². The molecule has 2 aliphatic rings. The molecule has 1 saturated carbocycles. The zero-order valence-electron chi connectivity index (χ0n) is 13.9. The van der Waals surface area contributed by atoms with Gasteiger partial charge in [-0.3, -0.25) is 0 Å². The highest BCUT2D eigenvalue weighted by molar-refractivity contribution is 5.64. The van der Waals surface area contributed by atoms with Crippen molar-refractivity contribution in [3.8, 4) is 5.75 Å². The number of fused-ring (bicyclic) bond motifs is 1. The van der Waals surface area contributed by atoms with E-state index in [0.29, 0.717) is 0 Å². The molecule has 0 unspecified atom stereocenters. The Hall–Kier alpha value is -1.96. The Bertz CT molecular complexity index is 673. The molecule has 1 fully saturated rings. The first-order chi connectivity index (χ1) is 11.3. The average molecular weight is 307 g/mol. The van der Waals surface area contributed by atoms with Gasteiger partial charge in [-0.15, -0.1) is 0 Å². The molecule has 0 amide bonds. The van der Waals surface area contributed by atoms with E-state index in [9.17, 15) is 0 Å². The van der Waals surface area contributed by atoms with Gasteiger partial charge in [0.05, 0.1) is 6.61 Å². The summed E-state index contributed by atoms with van der Waals surface area (Å²) in [6.45, 7) is 0.875. The van der Waals surface area contributed by atoms with Gasteiger partial charge in [-0.25, -0.2) is 0 Å². The van der Waals surface area contributed by atoms with Crippen LogP contribution in [0.1, 0.15) is 36.8 Å². The third kappa shape index (κ3) is 3.36. The van der Waals surface area contributed by atoms with Crippen LogP contribution in [0.5, 0.6) is 5.75 Å². The lowest BCUT2D eigenvalue weighted by Crippen LogP contribution is -2.11. The van der Waals surface area contributed by atoms with Crippen molar-refractivity contribution in [2.24, 2.45) is 5.92 Å². The van der Waals surface area contributed by atoms with E-state index < -0.39 is 0 Å². The van der Waals surface area contributed by atoms with Crippen LogP contribution in [0.15, 0.2) is 42.5 Å². The Kier molecular flexibility index (Phi) is 3.99. The van der Waals surface area contributed by atoms with E-state index in [1.54, 1.807) is 0 Å². The molecular formula is C21H25NO. The number of nitrogens with zero attached hydrogens (tertiary/aromatic N) is 1. The van der Waals surface area contributed by atoms with Crippen molar-refractivity contribution in [1.29, 1.82) is 0 Å². The maximum Gasteiger partial charge on any atom is 0.119 e. The molecule has 2 heteroatoms. The van der Waals surface area contributed by atoms with Gasteiger partial charge in [0.15, 0.2) is 0 Å². The van der Waals surface area contributed by atoms with Crippen molar-refractivity contribution < 1.29 is 4.74 Å². The predicted molar refractivity (Wildman–Crippen MR) is 95.8 cm³/mol. The van der Waals surface area contributed by atoms with Gasteiger partial charge >= 0.3 is 0 Å². The Morgan fingerprint density at radius 2 is 1.61 bits per heavy atom. The van der Waals surface area contributed by atoms with Crippen LogP contribution in [0.3, 0.4) is 0 Å². The number of ether oxygens (including phenoxy) is 1. The minimum atomic E-state index is 0.799. The van der Waals surface area contributed by atoms with E-state index in [1.807, 2.05) is 0 Å². The maximum absolute atomic E-state index is 5.83. The van der Waals surface area contributed by atoms with Crippen molar-refractivity contribution in [1.82, 2.24) is 0 Å². The highest BCUT2D eigenvalue weighted by Gasteiger charge is 2.21. The summed E-state index contributed by atoms with van der Waals surface area (Å²) in [4.78, 5) is 2.26. The fraction of sp³-hybridized carbons (Fsp3) is 0.429. The van der Waals surface area contributed by atoms with E-state index in [0.717, 1.165) is 18.3 Å². The fourth-order valence-electron chi connectivity index (χ4n) is 3.34. The second-order valence-electron chi connectivity index (χ2n) is 6.97. The molecule has 2 aromatic rings. The first kappa shape index (κ1) is 14.6. The number of hydrogen-bond acceptors (Lipinski definition) is 2. The topological polar surface area (TPSA) is 12.5 Å². The third-order valence-corrected chi connectivity index (χ3v) is 5.13. The normalized spacial score (nSPS) is 16.7. The smallest absolute Gasteiger partial charge is 0.119 e. The van der Waals surface area contributed by atoms with E-state index in [-0.39, 0.29) is 0 Å². The molecular weight excluding hydrogens is 282 g/mol. The van der Waals surface area contributed by atoms with Gasteiger partial charge in [-0.1, -0.05) is 6.07 Å². The van der Waals surface area contributed by atoms with Crippen molar-refractivity contribution in [2.45, 2.75) is 38.5 Å². The highest BCUT2D eigenvalue weighted by atomic mass is 16.5. The summed E-state index contributed by atoms with van der Waals surface area (Å²) < 4.78 is 5.83. The zero-order valence-corrected chi connectivity index (χ0v) is 13.9. The first-order valence-corrected chi connectivity index (χ1v) is 8.88. The molecule has 4 rings (SSSR count). The standard InChI is InChI=1S/C21H25NO/c1-22(20-9-8-17-4-2-3-5-18(17)14-20)19-10-12-21(13-11-19)23-15-16-6-7-16/h8-14,16H,2-7,15H2,1H3. The van der Waals surface area contributed by atoms with E-state index >= 15 is 0 Å². The summed E-state index contributed by atoms with van der Waals surface area (Å²) in [6, 6.07) is 15.4. The van der Waals surface area contributed by atoms with E-state index in [2.05, 4.69) is 54.4 Å². The van der Waals surface area contributed by atoms with Crippen LogP contribution in [-0.4, -0.2) is 13.7 Å². The number of hydrogen-bond donors (Lipinski definition) is 0. The van der Waals surface area contributed by atoms with E-state index in [1.165, 1.54) is 61.0 Å². The summed E-state index contributed by atoms with van der Waals surface area (Å²) in [5.41, 5.74) is 5.55. The molecule has 2 nitrogen and oxygen atoms in total. The lowest BCUT2D eigenvalue weighted by molar-refractivity contribution is 0.300. The summed E-state index contributed by atoms with van der Waals surface area (Å²) >= 11 is 0. The Morgan fingerprint density at radius 3 is 2.35 bits per heavy atom. The molecule has 0 bridgehead atoms. The van der Waals surface area contributed by atoms with Crippen molar-refractivity contribution in [2.75, 3.05) is 18.6 Å². The summed E-state index contributed by atoms with van der Waals surface area (Å²) in [7, 11) is 2.14. The number of aryl methyl sites for hydroxylation is 2. The molecule has 0 radical (unpaired) electrons. The minimum absolute atomic E-state index is 0.799. The van der Waals surface area contributed by atoms with Gasteiger partial charge in [-0.05, 0) is 92.0 Å². The molecule has 120 valence electrons. The monoisotopic (exact) mass is 307 g/mol. The summed E-state index contributed by atoms with van der Waals surface area (Å²) in [6.07, 6.45) is 7.80. The Labute approximate surface area is 139 Å². The van der Waals surface area contributed by atoms with Crippen molar-refractivity contribution in [3.63, 3.8) is 0 Å². The molecule has 0 N–H and O–H groups in total. The van der Waals surface area contributed by atoms with Crippen molar-refractivity contribution in [3.05, 3.63) is 53.6 Å². The van der Waals surface area contributed by atoms with Gasteiger partial charge in [0.1, 0.15) is 5.75 Å². The van der Waals surface area contributed by atoms with Gasteiger partial charge < -0.3 is 9.64 Å². The molecule has 2 aliphatic carbocycles. The quantitative estimate of drug-likeness (QED) is 0.760. The van der Waals surface area contributed by atoms with Crippen LogP contribution >= 0.6 is 0 Å². The van der Waals surface area contributed by atoms with Crippen LogP contribution in [0.25, 0.3) is 0 Å². The summed E-state index contributed by atoms with van der Waals surface area (Å²) in [5, 5.41) is 0. The molecule has 0 aromatic heterocycles. The third-order valence-electron chi connectivity index (χ3n) is 5.13. The molecule has 0 heterocycles. The molecule has 23 heavy (non-hydrogen) atoms. The molecule has 2 aromatic carbocycles. The lowest BCUT2D eigenvalue weighted by atomic mass is 9.91. The largest absolute Gasteiger partial charge is 0.493 e. The van der Waals surface area contributed by atoms with Crippen molar-refractivity contribution >= 4 is 11.4 Å². The average Bonchev–Trinajstić information content (AvgIpc) is 3.44. The van der Waals surface area contributed by atoms with Crippen LogP contribution in [0, 0.1) is 5.92 Å². The molecule has 0 spiro atoms. The SMILES string of the molecule is CN(c1ccc(OCC2CC2)cc1)c1ccc2c(c1)CCCC2. The van der Waals surface area contributed by atoms with Gasteiger partial charge in [0.25, 0.3) is 0 Å². The second-order valence-corrected chi connectivity index (χ2v) is 6.97. The summed E-state index contributed by atoms with van der Waals surface area (Å²) in [5.74, 6) is 1.78. The highest BCUT2D eigenvalue weighted by Crippen LogP contribution is 2.32. The minimum Gasteiger partial charge on any atom is -0.493 e. The van der Waals surface area contributed by atoms with Crippen LogP contribution in [0.2, 0.25) is 0 Å². The molecule has 0 saturated heterocycles. The molecule has 0 aliphatic heterocycles. The fourth-order valence-corrected chi connectivity index (χ4v) is 3.34. The predicted octanol–water partition coefficient (Wildman–Crippen LogP) is 5.12. The number of anilines is 2. The van der Waals surface area contributed by atoms with Gasteiger partial charge in [-0.2, -0.15) is 0 Å². The number of benzene rings is 2.